The smallest absolute Gasteiger partial charge is 0.422 e. The van der Waals surface area contributed by atoms with Crippen molar-refractivity contribution >= 4 is 17.2 Å². The molecule has 0 bridgehead atoms. The van der Waals surface area contributed by atoms with Gasteiger partial charge in [0.15, 0.2) is 6.61 Å². The predicted octanol–water partition coefficient (Wildman–Crippen LogP) is 3.04. The number of nitrogens with zero attached hydrogens (tertiary/aromatic N) is 2. The van der Waals surface area contributed by atoms with Crippen molar-refractivity contribution in [3.8, 4) is 5.88 Å². The number of aromatic nitrogens is 1. The monoisotopic (exact) mass is 326 g/mol. The van der Waals surface area contributed by atoms with Gasteiger partial charge in [-0.15, -0.1) is 0 Å². The van der Waals surface area contributed by atoms with Gasteiger partial charge in [-0.25, -0.2) is 13.6 Å². The van der Waals surface area contributed by atoms with Crippen molar-refractivity contribution in [2.45, 2.75) is 31.7 Å². The van der Waals surface area contributed by atoms with Crippen LogP contribution in [0, 0.1) is 5.82 Å². The molecule has 0 aliphatic carbocycles. The van der Waals surface area contributed by atoms with Gasteiger partial charge in [0.1, 0.15) is 16.8 Å². The van der Waals surface area contributed by atoms with E-state index >= 15 is 0 Å². The van der Waals surface area contributed by atoms with Gasteiger partial charge in [0.05, 0.1) is 22.7 Å². The average molecular weight is 326 g/mol. The second kappa shape index (κ2) is 6.50. The molecule has 1 heterocycles. The number of alkyl halides is 3. The van der Waals surface area contributed by atoms with Crippen LogP contribution in [0.15, 0.2) is 16.7 Å². The van der Waals surface area contributed by atoms with Crippen molar-refractivity contribution in [2.75, 3.05) is 6.61 Å². The van der Waals surface area contributed by atoms with Crippen LogP contribution in [0.1, 0.15) is 26.3 Å². The highest BCUT2D eigenvalue weighted by atomic mass is 32.2. The molecule has 21 heavy (non-hydrogen) atoms. The van der Waals surface area contributed by atoms with Crippen LogP contribution >= 0.6 is 0 Å². The number of halogens is 4. The summed E-state index contributed by atoms with van der Waals surface area (Å²) in [5.41, 5.74) is -0.114. The van der Waals surface area contributed by atoms with E-state index in [9.17, 15) is 21.8 Å². The van der Waals surface area contributed by atoms with E-state index in [1.165, 1.54) is 0 Å². The SMILES string of the molecule is CC(C)(C)[S@@](=O)/N=C/c1cc(F)cnc1OCC(F)(F)F. The molecule has 118 valence electrons. The van der Waals surface area contributed by atoms with Gasteiger partial charge >= 0.3 is 6.18 Å². The Morgan fingerprint density at radius 1 is 1.38 bits per heavy atom. The van der Waals surface area contributed by atoms with E-state index in [1.54, 1.807) is 20.8 Å². The second-order valence-electron chi connectivity index (χ2n) is 5.05. The number of hydrogen-bond acceptors (Lipinski definition) is 3. The molecule has 4 nitrogen and oxygen atoms in total. The zero-order valence-corrected chi connectivity index (χ0v) is 12.4. The first-order valence-electron chi connectivity index (χ1n) is 5.80. The lowest BCUT2D eigenvalue weighted by Crippen LogP contribution is -2.21. The van der Waals surface area contributed by atoms with E-state index in [0.717, 1.165) is 18.5 Å². The molecule has 1 rings (SSSR count). The molecular weight excluding hydrogens is 312 g/mol. The summed E-state index contributed by atoms with van der Waals surface area (Å²) in [6, 6.07) is 0.905. The van der Waals surface area contributed by atoms with E-state index in [4.69, 9.17) is 0 Å². The summed E-state index contributed by atoms with van der Waals surface area (Å²) in [5.74, 6) is -1.19. The fourth-order valence-corrected chi connectivity index (χ4v) is 1.59. The predicted molar refractivity (Wildman–Crippen MR) is 71.2 cm³/mol. The van der Waals surface area contributed by atoms with Crippen LogP contribution in [0.5, 0.6) is 5.88 Å². The number of hydrogen-bond donors (Lipinski definition) is 0. The third kappa shape index (κ3) is 6.19. The molecule has 0 spiro atoms. The van der Waals surface area contributed by atoms with Gasteiger partial charge in [-0.05, 0) is 26.8 Å². The summed E-state index contributed by atoms with van der Waals surface area (Å²) < 4.78 is 68.7. The molecule has 0 N–H and O–H groups in total. The summed E-state index contributed by atoms with van der Waals surface area (Å²) in [4.78, 5) is 3.43. The summed E-state index contributed by atoms with van der Waals surface area (Å²) in [7, 11) is -1.63. The topological polar surface area (TPSA) is 51.5 Å². The highest BCUT2D eigenvalue weighted by molar-refractivity contribution is 7.85. The molecule has 0 fully saturated rings. The first-order valence-corrected chi connectivity index (χ1v) is 6.91. The van der Waals surface area contributed by atoms with Crippen molar-refractivity contribution in [1.29, 1.82) is 0 Å². The minimum Gasteiger partial charge on any atom is -0.468 e. The first kappa shape index (κ1) is 17.5. The number of ether oxygens (including phenoxy) is 1. The highest BCUT2D eigenvalue weighted by Gasteiger charge is 2.29. The third-order valence-corrected chi connectivity index (χ3v) is 3.37. The largest absolute Gasteiger partial charge is 0.468 e. The van der Waals surface area contributed by atoms with Crippen molar-refractivity contribution in [3.63, 3.8) is 0 Å². The van der Waals surface area contributed by atoms with Crippen molar-refractivity contribution in [2.24, 2.45) is 4.40 Å². The molecule has 0 aliphatic heterocycles. The zero-order valence-electron chi connectivity index (χ0n) is 11.6. The van der Waals surface area contributed by atoms with Gasteiger partial charge in [-0.2, -0.15) is 17.6 Å². The van der Waals surface area contributed by atoms with Crippen LogP contribution in [0.25, 0.3) is 0 Å². The third-order valence-electron chi connectivity index (χ3n) is 2.03. The Labute approximate surface area is 121 Å². The quantitative estimate of drug-likeness (QED) is 0.631. The molecule has 0 unspecified atom stereocenters. The Balaban J connectivity index is 2.97. The van der Waals surface area contributed by atoms with Gasteiger partial charge in [-0.3, -0.25) is 0 Å². The standard InChI is InChI=1S/C12H14F4N2O2S/c1-11(2,3)21(19)18-5-8-4-9(13)6-17-10(8)20-7-12(14,15)16/h4-6H,7H2,1-3H3/b18-5+/t21-/m1/s1. The first-order chi connectivity index (χ1) is 9.49. The van der Waals surface area contributed by atoms with E-state index in [-0.39, 0.29) is 5.56 Å². The van der Waals surface area contributed by atoms with E-state index in [2.05, 4.69) is 14.1 Å². The minimum atomic E-state index is -4.54. The van der Waals surface area contributed by atoms with E-state index in [0.29, 0.717) is 0 Å². The molecule has 1 atom stereocenters. The van der Waals surface area contributed by atoms with Crippen LogP contribution in [-0.4, -0.2) is 32.9 Å². The molecule has 0 aromatic carbocycles. The molecular formula is C12H14F4N2O2S. The van der Waals surface area contributed by atoms with Crippen LogP contribution < -0.4 is 4.74 Å². The summed E-state index contributed by atoms with van der Waals surface area (Å²) in [5, 5.41) is 0. The molecule has 0 aliphatic rings. The average Bonchev–Trinajstić information content (AvgIpc) is 2.32. The molecule has 0 amide bonds. The van der Waals surface area contributed by atoms with Gasteiger partial charge < -0.3 is 4.74 Å². The maximum absolute atomic E-state index is 13.1. The molecule has 1 aromatic rings. The lowest BCUT2D eigenvalue weighted by atomic mass is 10.3. The Hall–Kier alpha value is -1.51. The lowest BCUT2D eigenvalue weighted by molar-refractivity contribution is -0.154. The Bertz CT molecular complexity index is 553. The second-order valence-corrected chi connectivity index (χ2v) is 6.98. The molecule has 0 saturated heterocycles. The van der Waals surface area contributed by atoms with Crippen molar-refractivity contribution < 1.29 is 26.5 Å². The van der Waals surface area contributed by atoms with Crippen LogP contribution in [0.3, 0.4) is 0 Å². The minimum absolute atomic E-state index is 0.114. The Morgan fingerprint density at radius 2 is 2.00 bits per heavy atom. The van der Waals surface area contributed by atoms with Crippen LogP contribution in [0.4, 0.5) is 17.6 Å². The van der Waals surface area contributed by atoms with E-state index in [1.807, 2.05) is 0 Å². The Kier molecular flexibility index (Phi) is 5.43. The van der Waals surface area contributed by atoms with Gasteiger partial charge in [0.25, 0.3) is 0 Å². The summed E-state index contributed by atoms with van der Waals surface area (Å²) >= 11 is 0. The maximum Gasteiger partial charge on any atom is 0.422 e. The molecule has 1 aromatic heterocycles. The van der Waals surface area contributed by atoms with E-state index < -0.39 is 40.2 Å². The fraction of sp³-hybridized carbons (Fsp3) is 0.500. The van der Waals surface area contributed by atoms with Gasteiger partial charge in [0.2, 0.25) is 5.88 Å². The van der Waals surface area contributed by atoms with Gasteiger partial charge in [0, 0.05) is 0 Å². The van der Waals surface area contributed by atoms with Gasteiger partial charge in [-0.1, -0.05) is 0 Å². The molecule has 0 radical (unpaired) electrons. The van der Waals surface area contributed by atoms with Crippen LogP contribution in [0.2, 0.25) is 0 Å². The van der Waals surface area contributed by atoms with Crippen LogP contribution in [-0.2, 0) is 11.0 Å². The van der Waals surface area contributed by atoms with Crippen molar-refractivity contribution in [1.82, 2.24) is 4.98 Å². The summed E-state index contributed by atoms with van der Waals surface area (Å²) in [6.07, 6.45) is -2.83. The summed E-state index contributed by atoms with van der Waals surface area (Å²) in [6.45, 7) is 3.46. The molecule has 9 heteroatoms. The normalized spacial score (nSPS) is 14.4. The van der Waals surface area contributed by atoms with Crippen molar-refractivity contribution in [3.05, 3.63) is 23.6 Å². The Morgan fingerprint density at radius 3 is 2.52 bits per heavy atom. The highest BCUT2D eigenvalue weighted by Crippen LogP contribution is 2.20. The fourth-order valence-electron chi connectivity index (χ4n) is 1.07. The number of rotatable bonds is 4. The zero-order chi connectivity index (χ0) is 16.3. The lowest BCUT2D eigenvalue weighted by Gasteiger charge is -2.13. The molecule has 0 saturated carbocycles. The maximum atomic E-state index is 13.1. The number of pyridine rings is 1.